The number of nitrogens with one attached hydrogen (secondary N) is 1. The average molecular weight is 242 g/mol. The standard InChI is InChI=1S/C14H14N2S/c15-14(16)12-8-4-5-9-13(12)17-10-11-6-2-1-3-7-11/h1-9H,10H2,(H3,15,16). The van der Waals surface area contributed by atoms with Gasteiger partial charge in [0.25, 0.3) is 0 Å². The lowest BCUT2D eigenvalue weighted by molar-refractivity contribution is 1.33. The normalized spacial score (nSPS) is 10.1. The first-order valence-electron chi connectivity index (χ1n) is 5.37. The fraction of sp³-hybridized carbons (Fsp3) is 0.0714. The summed E-state index contributed by atoms with van der Waals surface area (Å²) in [7, 11) is 0. The molecule has 3 N–H and O–H groups in total. The maximum Gasteiger partial charge on any atom is 0.123 e. The molecule has 0 radical (unpaired) electrons. The molecule has 0 amide bonds. The van der Waals surface area contributed by atoms with E-state index in [0.29, 0.717) is 0 Å². The second-order valence-electron chi connectivity index (χ2n) is 3.68. The number of amidine groups is 1. The zero-order valence-electron chi connectivity index (χ0n) is 9.39. The zero-order chi connectivity index (χ0) is 12.1. The van der Waals surface area contributed by atoms with Gasteiger partial charge in [-0.3, -0.25) is 5.41 Å². The lowest BCUT2D eigenvalue weighted by Gasteiger charge is -2.07. The predicted molar refractivity (Wildman–Crippen MR) is 73.5 cm³/mol. The van der Waals surface area contributed by atoms with Gasteiger partial charge in [0.1, 0.15) is 5.84 Å². The molecule has 2 rings (SSSR count). The minimum atomic E-state index is 0.126. The Bertz CT molecular complexity index is 509. The molecule has 0 spiro atoms. The van der Waals surface area contributed by atoms with Crippen LogP contribution in [0.25, 0.3) is 0 Å². The summed E-state index contributed by atoms with van der Waals surface area (Å²) in [6, 6.07) is 18.0. The predicted octanol–water partition coefficient (Wildman–Crippen LogP) is 3.26. The first kappa shape index (κ1) is 11.7. The third-order valence-electron chi connectivity index (χ3n) is 2.41. The molecule has 0 atom stereocenters. The fourth-order valence-electron chi connectivity index (χ4n) is 1.55. The van der Waals surface area contributed by atoms with Crippen LogP contribution in [-0.4, -0.2) is 5.84 Å². The summed E-state index contributed by atoms with van der Waals surface area (Å²) in [4.78, 5) is 1.06. The molecule has 0 unspecified atom stereocenters. The highest BCUT2D eigenvalue weighted by Gasteiger charge is 2.04. The Morgan fingerprint density at radius 2 is 1.65 bits per heavy atom. The maximum atomic E-state index is 7.52. The van der Waals surface area contributed by atoms with Gasteiger partial charge in [-0.2, -0.15) is 0 Å². The highest BCUT2D eigenvalue weighted by atomic mass is 32.2. The summed E-state index contributed by atoms with van der Waals surface area (Å²) in [6.07, 6.45) is 0. The molecule has 2 aromatic rings. The van der Waals surface area contributed by atoms with E-state index in [1.54, 1.807) is 11.8 Å². The van der Waals surface area contributed by atoms with Crippen molar-refractivity contribution in [3.05, 3.63) is 65.7 Å². The molecule has 2 aromatic carbocycles. The molecule has 0 bridgehead atoms. The lowest BCUT2D eigenvalue weighted by atomic mass is 10.2. The smallest absolute Gasteiger partial charge is 0.123 e. The zero-order valence-corrected chi connectivity index (χ0v) is 10.2. The van der Waals surface area contributed by atoms with Gasteiger partial charge in [-0.1, -0.05) is 48.5 Å². The summed E-state index contributed by atoms with van der Waals surface area (Å²) < 4.78 is 0. The third kappa shape index (κ3) is 3.11. The van der Waals surface area contributed by atoms with Gasteiger partial charge in [-0.05, 0) is 11.6 Å². The van der Waals surface area contributed by atoms with E-state index in [1.807, 2.05) is 42.5 Å². The number of benzene rings is 2. The monoisotopic (exact) mass is 242 g/mol. The van der Waals surface area contributed by atoms with Gasteiger partial charge in [0.15, 0.2) is 0 Å². The summed E-state index contributed by atoms with van der Waals surface area (Å²) in [5.41, 5.74) is 7.64. The molecule has 2 nitrogen and oxygen atoms in total. The van der Waals surface area contributed by atoms with Crippen LogP contribution in [0.5, 0.6) is 0 Å². The first-order valence-corrected chi connectivity index (χ1v) is 6.36. The van der Waals surface area contributed by atoms with Crippen molar-refractivity contribution in [1.29, 1.82) is 5.41 Å². The fourth-order valence-corrected chi connectivity index (χ4v) is 2.57. The Morgan fingerprint density at radius 3 is 2.35 bits per heavy atom. The molecular weight excluding hydrogens is 228 g/mol. The van der Waals surface area contributed by atoms with Crippen LogP contribution < -0.4 is 5.73 Å². The number of rotatable bonds is 4. The number of nitrogens with two attached hydrogens (primary N) is 1. The van der Waals surface area contributed by atoms with E-state index in [9.17, 15) is 0 Å². The van der Waals surface area contributed by atoms with E-state index in [2.05, 4.69) is 12.1 Å². The van der Waals surface area contributed by atoms with Crippen molar-refractivity contribution in [2.75, 3.05) is 0 Å². The average Bonchev–Trinajstić information content (AvgIpc) is 2.38. The van der Waals surface area contributed by atoms with Gasteiger partial charge in [0, 0.05) is 16.2 Å². The van der Waals surface area contributed by atoms with Crippen molar-refractivity contribution in [3.63, 3.8) is 0 Å². The molecule has 17 heavy (non-hydrogen) atoms. The first-order chi connectivity index (χ1) is 8.27. The van der Waals surface area contributed by atoms with Crippen LogP contribution in [0.1, 0.15) is 11.1 Å². The highest BCUT2D eigenvalue weighted by molar-refractivity contribution is 7.98. The van der Waals surface area contributed by atoms with Gasteiger partial charge in [-0.25, -0.2) is 0 Å². The van der Waals surface area contributed by atoms with Crippen LogP contribution in [-0.2, 0) is 5.75 Å². The van der Waals surface area contributed by atoms with E-state index in [-0.39, 0.29) is 5.84 Å². The summed E-state index contributed by atoms with van der Waals surface area (Å²) >= 11 is 1.71. The minimum absolute atomic E-state index is 0.126. The van der Waals surface area contributed by atoms with Gasteiger partial charge in [0.05, 0.1) is 0 Å². The number of hydrogen-bond donors (Lipinski definition) is 2. The Labute approximate surface area is 105 Å². The number of thioether (sulfide) groups is 1. The van der Waals surface area contributed by atoms with Crippen molar-refractivity contribution < 1.29 is 0 Å². The largest absolute Gasteiger partial charge is 0.384 e. The molecule has 0 saturated heterocycles. The molecule has 0 heterocycles. The molecule has 0 aliphatic heterocycles. The molecule has 3 heteroatoms. The summed E-state index contributed by atoms with van der Waals surface area (Å²) in [5, 5.41) is 7.52. The Morgan fingerprint density at radius 1 is 1.00 bits per heavy atom. The van der Waals surface area contributed by atoms with Gasteiger partial charge >= 0.3 is 0 Å². The van der Waals surface area contributed by atoms with Crippen LogP contribution >= 0.6 is 11.8 Å². The van der Waals surface area contributed by atoms with Crippen LogP contribution in [0.3, 0.4) is 0 Å². The van der Waals surface area contributed by atoms with Crippen LogP contribution in [0, 0.1) is 5.41 Å². The molecule has 0 fully saturated rings. The molecule has 0 saturated carbocycles. The van der Waals surface area contributed by atoms with Crippen molar-refractivity contribution in [3.8, 4) is 0 Å². The molecule has 0 aliphatic carbocycles. The van der Waals surface area contributed by atoms with Crippen LogP contribution in [0.2, 0.25) is 0 Å². The van der Waals surface area contributed by atoms with Crippen molar-refractivity contribution in [2.24, 2.45) is 5.73 Å². The Hall–Kier alpha value is -1.74. The maximum absolute atomic E-state index is 7.52. The van der Waals surface area contributed by atoms with Crippen molar-refractivity contribution >= 4 is 17.6 Å². The second kappa shape index (κ2) is 5.55. The molecule has 0 aromatic heterocycles. The number of hydrogen-bond acceptors (Lipinski definition) is 2. The summed E-state index contributed by atoms with van der Waals surface area (Å²) in [6.45, 7) is 0. The quantitative estimate of drug-likeness (QED) is 0.491. The number of nitrogen functional groups attached to an aromatic ring is 1. The second-order valence-corrected chi connectivity index (χ2v) is 4.70. The molecular formula is C14H14N2S. The Balaban J connectivity index is 2.12. The topological polar surface area (TPSA) is 49.9 Å². The van der Waals surface area contributed by atoms with Gasteiger partial charge in [-0.15, -0.1) is 11.8 Å². The van der Waals surface area contributed by atoms with E-state index in [1.165, 1.54) is 5.56 Å². The van der Waals surface area contributed by atoms with Gasteiger partial charge < -0.3 is 5.73 Å². The van der Waals surface area contributed by atoms with Crippen LogP contribution in [0.4, 0.5) is 0 Å². The molecule has 86 valence electrons. The highest BCUT2D eigenvalue weighted by Crippen LogP contribution is 2.25. The molecule has 0 aliphatic rings. The van der Waals surface area contributed by atoms with E-state index in [0.717, 1.165) is 16.2 Å². The lowest BCUT2D eigenvalue weighted by Crippen LogP contribution is -2.12. The van der Waals surface area contributed by atoms with Crippen molar-refractivity contribution in [1.82, 2.24) is 0 Å². The van der Waals surface area contributed by atoms with E-state index >= 15 is 0 Å². The minimum Gasteiger partial charge on any atom is -0.384 e. The van der Waals surface area contributed by atoms with Gasteiger partial charge in [0.2, 0.25) is 0 Å². The Kier molecular flexibility index (Phi) is 3.83. The SMILES string of the molecule is N=C(N)c1ccccc1SCc1ccccc1. The third-order valence-corrected chi connectivity index (χ3v) is 3.56. The van der Waals surface area contributed by atoms with Crippen molar-refractivity contribution in [2.45, 2.75) is 10.6 Å². The summed E-state index contributed by atoms with van der Waals surface area (Å²) in [5.74, 6) is 1.02. The van der Waals surface area contributed by atoms with E-state index in [4.69, 9.17) is 11.1 Å². The van der Waals surface area contributed by atoms with E-state index < -0.39 is 0 Å². The van der Waals surface area contributed by atoms with Crippen LogP contribution in [0.15, 0.2) is 59.5 Å².